The van der Waals surface area contributed by atoms with E-state index < -0.39 is 0 Å². The van der Waals surface area contributed by atoms with Crippen LogP contribution in [0.15, 0.2) is 52.0 Å². The molecule has 3 aromatic rings. The third-order valence-electron chi connectivity index (χ3n) is 5.07. The number of benzene rings is 2. The third-order valence-corrected chi connectivity index (χ3v) is 5.07. The van der Waals surface area contributed by atoms with Crippen molar-refractivity contribution in [2.75, 3.05) is 14.2 Å². The van der Waals surface area contributed by atoms with E-state index in [0.717, 1.165) is 34.0 Å². The van der Waals surface area contributed by atoms with Crippen LogP contribution in [0.25, 0.3) is 0 Å². The second-order valence-corrected chi connectivity index (χ2v) is 6.82. The highest BCUT2D eigenvalue weighted by molar-refractivity contribution is 6.03. The van der Waals surface area contributed by atoms with Crippen molar-refractivity contribution in [1.82, 2.24) is 5.16 Å². The van der Waals surface area contributed by atoms with Crippen molar-refractivity contribution in [2.24, 2.45) is 4.99 Å². The molecule has 0 spiro atoms. The Kier molecular flexibility index (Phi) is 4.86. The number of hydrogen-bond donors (Lipinski definition) is 0. The molecule has 2 aromatic carbocycles. The molecule has 6 heteroatoms. The topological polar surface area (TPSA) is 56.9 Å². The van der Waals surface area contributed by atoms with Crippen LogP contribution in [-0.4, -0.2) is 25.1 Å². The van der Waals surface area contributed by atoms with Gasteiger partial charge in [-0.1, -0.05) is 23.4 Å². The number of methoxy groups -OCH3 is 2. The van der Waals surface area contributed by atoms with Gasteiger partial charge in [-0.25, -0.2) is 9.38 Å². The first-order chi connectivity index (χ1) is 13.6. The minimum absolute atomic E-state index is 0.109. The van der Waals surface area contributed by atoms with Gasteiger partial charge in [-0.15, -0.1) is 0 Å². The fraction of sp³-hybridized carbons (Fsp3) is 0.273. The zero-order valence-corrected chi connectivity index (χ0v) is 16.0. The van der Waals surface area contributed by atoms with Gasteiger partial charge in [0.1, 0.15) is 17.2 Å². The fourth-order valence-corrected chi connectivity index (χ4v) is 3.57. The van der Waals surface area contributed by atoms with E-state index in [1.807, 2.05) is 25.1 Å². The summed E-state index contributed by atoms with van der Waals surface area (Å²) < 4.78 is 29.8. The van der Waals surface area contributed by atoms with Crippen molar-refractivity contribution < 1.29 is 18.4 Å². The number of rotatable bonds is 4. The zero-order valence-electron chi connectivity index (χ0n) is 16.0. The molecule has 4 rings (SSSR count). The summed E-state index contributed by atoms with van der Waals surface area (Å²) in [5, 5.41) is 4.08. The maximum Gasteiger partial charge on any atom is 0.163 e. The van der Waals surface area contributed by atoms with E-state index >= 15 is 0 Å². The Bertz CT molecular complexity index is 1020. The second-order valence-electron chi connectivity index (χ2n) is 6.82. The molecule has 1 aliphatic heterocycles. The third kappa shape index (κ3) is 3.38. The predicted molar refractivity (Wildman–Crippen MR) is 104 cm³/mol. The van der Waals surface area contributed by atoms with E-state index in [-0.39, 0.29) is 11.7 Å². The van der Waals surface area contributed by atoms with Crippen molar-refractivity contribution >= 4 is 11.4 Å². The Balaban J connectivity index is 1.78. The predicted octanol–water partition coefficient (Wildman–Crippen LogP) is 4.99. The van der Waals surface area contributed by atoms with E-state index in [2.05, 4.69) is 5.16 Å². The largest absolute Gasteiger partial charge is 0.493 e. The highest BCUT2D eigenvalue weighted by Gasteiger charge is 2.26. The lowest BCUT2D eigenvalue weighted by molar-refractivity contribution is 0.353. The number of hydrogen-bond acceptors (Lipinski definition) is 5. The SMILES string of the molecule is COc1ccc([C@@H]2CC(c3ccc(F)cc3)=Nc3c(C)noc3C2)cc1OC. The molecule has 0 bridgehead atoms. The second kappa shape index (κ2) is 7.46. The highest BCUT2D eigenvalue weighted by atomic mass is 19.1. The molecular formula is C22H21FN2O3. The van der Waals surface area contributed by atoms with Crippen LogP contribution in [-0.2, 0) is 6.42 Å². The van der Waals surface area contributed by atoms with Gasteiger partial charge in [-0.3, -0.25) is 0 Å². The first-order valence-corrected chi connectivity index (χ1v) is 9.09. The van der Waals surface area contributed by atoms with E-state index in [0.29, 0.717) is 24.3 Å². The van der Waals surface area contributed by atoms with Crippen molar-refractivity contribution in [2.45, 2.75) is 25.7 Å². The molecule has 5 nitrogen and oxygen atoms in total. The van der Waals surface area contributed by atoms with Gasteiger partial charge >= 0.3 is 0 Å². The first kappa shape index (κ1) is 18.2. The van der Waals surface area contributed by atoms with Crippen LogP contribution in [0.5, 0.6) is 11.5 Å². The van der Waals surface area contributed by atoms with Gasteiger partial charge in [0.2, 0.25) is 0 Å². The van der Waals surface area contributed by atoms with Crippen LogP contribution < -0.4 is 9.47 Å². The highest BCUT2D eigenvalue weighted by Crippen LogP contribution is 2.39. The maximum absolute atomic E-state index is 13.4. The molecule has 28 heavy (non-hydrogen) atoms. The Labute approximate surface area is 162 Å². The van der Waals surface area contributed by atoms with Crippen molar-refractivity contribution in [3.8, 4) is 11.5 Å². The number of nitrogens with zero attached hydrogens (tertiary/aromatic N) is 2. The summed E-state index contributed by atoms with van der Waals surface area (Å²) in [6.07, 6.45) is 1.35. The van der Waals surface area contributed by atoms with Crippen LogP contribution in [0.4, 0.5) is 10.1 Å². The summed E-state index contributed by atoms with van der Waals surface area (Å²) in [6.45, 7) is 1.88. The van der Waals surface area contributed by atoms with Gasteiger partial charge in [-0.05, 0) is 54.7 Å². The van der Waals surface area contributed by atoms with E-state index in [1.165, 1.54) is 12.1 Å². The summed E-state index contributed by atoms with van der Waals surface area (Å²) >= 11 is 0. The molecule has 0 fully saturated rings. The van der Waals surface area contributed by atoms with E-state index in [9.17, 15) is 4.39 Å². The average molecular weight is 380 g/mol. The number of aryl methyl sites for hydroxylation is 1. The molecule has 144 valence electrons. The summed E-state index contributed by atoms with van der Waals surface area (Å²) in [5.41, 5.74) is 4.38. The van der Waals surface area contributed by atoms with Crippen molar-refractivity contribution in [1.29, 1.82) is 0 Å². The summed E-state index contributed by atoms with van der Waals surface area (Å²) in [4.78, 5) is 4.83. The van der Waals surface area contributed by atoms with Gasteiger partial charge in [0.25, 0.3) is 0 Å². The molecular weight excluding hydrogens is 359 g/mol. The lowest BCUT2D eigenvalue weighted by Gasteiger charge is -2.18. The number of ether oxygens (including phenoxy) is 2. The fourth-order valence-electron chi connectivity index (χ4n) is 3.57. The van der Waals surface area contributed by atoms with Crippen molar-refractivity contribution in [3.05, 3.63) is 70.9 Å². The average Bonchev–Trinajstić information content (AvgIpc) is 2.94. The smallest absolute Gasteiger partial charge is 0.163 e. The molecule has 0 unspecified atom stereocenters. The molecule has 0 saturated heterocycles. The molecule has 1 atom stereocenters. The summed E-state index contributed by atoms with van der Waals surface area (Å²) in [6, 6.07) is 12.3. The zero-order chi connectivity index (χ0) is 19.7. The Hall–Kier alpha value is -3.15. The lowest BCUT2D eigenvalue weighted by Crippen LogP contribution is -2.09. The summed E-state index contributed by atoms with van der Waals surface area (Å²) in [5.74, 6) is 1.96. The van der Waals surface area contributed by atoms with Crippen LogP contribution in [0.1, 0.15) is 34.9 Å². The van der Waals surface area contributed by atoms with Crippen LogP contribution in [0.3, 0.4) is 0 Å². The van der Waals surface area contributed by atoms with Gasteiger partial charge in [0.15, 0.2) is 17.3 Å². The number of halogens is 1. The van der Waals surface area contributed by atoms with E-state index in [4.69, 9.17) is 19.0 Å². The Morgan fingerprint density at radius 3 is 2.46 bits per heavy atom. The number of aliphatic imine (C=N–C) groups is 1. The number of fused-ring (bicyclic) bond motifs is 1. The molecule has 1 aliphatic rings. The monoisotopic (exact) mass is 380 g/mol. The van der Waals surface area contributed by atoms with Crippen molar-refractivity contribution in [3.63, 3.8) is 0 Å². The van der Waals surface area contributed by atoms with Crippen LogP contribution in [0.2, 0.25) is 0 Å². The molecule has 0 saturated carbocycles. The minimum atomic E-state index is -0.267. The molecule has 0 radical (unpaired) electrons. The lowest BCUT2D eigenvalue weighted by atomic mass is 9.88. The minimum Gasteiger partial charge on any atom is -0.493 e. The van der Waals surface area contributed by atoms with Gasteiger partial charge in [0.05, 0.1) is 14.2 Å². The van der Waals surface area contributed by atoms with E-state index in [1.54, 1.807) is 26.4 Å². The van der Waals surface area contributed by atoms with Gasteiger partial charge in [-0.2, -0.15) is 0 Å². The maximum atomic E-state index is 13.4. The molecule has 0 N–H and O–H groups in total. The molecule has 1 aromatic heterocycles. The Morgan fingerprint density at radius 2 is 1.75 bits per heavy atom. The normalized spacial score (nSPS) is 16.1. The molecule has 0 aliphatic carbocycles. The standard InChI is InChI=1S/C22H21FN2O3/c1-13-22-21(28-25-13)12-16(15-6-9-19(26-2)20(11-15)27-3)10-18(24-22)14-4-7-17(23)8-5-14/h4-9,11,16H,10,12H2,1-3H3/t16-/m1/s1. The number of aromatic nitrogens is 1. The first-order valence-electron chi connectivity index (χ1n) is 9.09. The summed E-state index contributed by atoms with van der Waals surface area (Å²) in [7, 11) is 3.24. The quantitative estimate of drug-likeness (QED) is 0.640. The van der Waals surface area contributed by atoms with Crippen LogP contribution >= 0.6 is 0 Å². The van der Waals surface area contributed by atoms with Crippen LogP contribution in [0, 0.1) is 12.7 Å². The molecule has 2 heterocycles. The Morgan fingerprint density at radius 1 is 1.00 bits per heavy atom. The molecule has 0 amide bonds. The van der Waals surface area contributed by atoms with Gasteiger partial charge in [0, 0.05) is 12.1 Å². The van der Waals surface area contributed by atoms with Gasteiger partial charge < -0.3 is 14.0 Å².